The van der Waals surface area contributed by atoms with E-state index < -0.39 is 42.4 Å². The molecular weight excluding hydrogens is 764 g/mol. The van der Waals surface area contributed by atoms with Gasteiger partial charge >= 0.3 is 11.8 Å². The fourth-order valence-corrected chi connectivity index (χ4v) is 5.18. The van der Waals surface area contributed by atoms with Crippen molar-refractivity contribution < 1.29 is 24.2 Å². The fourth-order valence-electron chi connectivity index (χ4n) is 4.27. The summed E-state index contributed by atoms with van der Waals surface area (Å²) >= 11 is 3.99. The molecule has 4 N–H and O–H groups in total. The number of amides is 2. The van der Waals surface area contributed by atoms with Crippen LogP contribution in [0.2, 0.25) is 0 Å². The number of carbonyl (C=O) groups excluding carboxylic acids is 2. The maximum absolute atomic E-state index is 12.5. The molecule has 3 aromatic rings. The Balaban J connectivity index is 1.20. The molecule has 0 bridgehead atoms. The van der Waals surface area contributed by atoms with E-state index in [4.69, 9.17) is 9.47 Å². The third-order valence-corrected chi connectivity index (χ3v) is 7.89. The Morgan fingerprint density at radius 2 is 1.98 bits per heavy atom. The summed E-state index contributed by atoms with van der Waals surface area (Å²) in [5.74, 6) is -0.315. The van der Waals surface area contributed by atoms with Crippen molar-refractivity contribution in [3.05, 3.63) is 64.3 Å². The summed E-state index contributed by atoms with van der Waals surface area (Å²) in [6.07, 6.45) is -0.161. The maximum Gasteiger partial charge on any atom is 0.407 e. The Morgan fingerprint density at radius 1 is 1.22 bits per heavy atom. The average Bonchev–Trinajstić information content (AvgIpc) is 3.35. The quantitative estimate of drug-likeness (QED) is 0.203. The highest BCUT2D eigenvalue weighted by Crippen LogP contribution is 2.29. The molecule has 3 atom stereocenters. The number of hydrogen-bond donors (Lipinski definition) is 4. The van der Waals surface area contributed by atoms with E-state index in [0.29, 0.717) is 35.3 Å². The monoisotopic (exact) mass is 793 g/mol. The SMILES string of the molecule is CCN(CCNC(=O)O[C@H]1C[C@H](n2cc(I)c(=O)[nH]c2=O)O[C@@H]1CO)CCNC(=O)c1cnc2cc(I)ccc2n1. The van der Waals surface area contributed by atoms with Gasteiger partial charge in [-0.05, 0) is 69.9 Å². The van der Waals surface area contributed by atoms with E-state index in [-0.39, 0.29) is 24.6 Å². The number of aromatic nitrogens is 4. The molecule has 16 heteroatoms. The van der Waals surface area contributed by atoms with E-state index in [1.807, 2.05) is 30.0 Å². The van der Waals surface area contributed by atoms with Crippen molar-refractivity contribution in [3.8, 4) is 0 Å². The van der Waals surface area contributed by atoms with E-state index in [0.717, 1.165) is 9.09 Å². The van der Waals surface area contributed by atoms with Crippen LogP contribution in [-0.2, 0) is 9.47 Å². The van der Waals surface area contributed by atoms with Crippen LogP contribution in [0.25, 0.3) is 11.0 Å². The molecule has 220 valence electrons. The van der Waals surface area contributed by atoms with Crippen LogP contribution in [0, 0.1) is 7.14 Å². The van der Waals surface area contributed by atoms with Crippen molar-refractivity contribution >= 4 is 68.2 Å². The topological polar surface area (TPSA) is 181 Å². The number of hydrogen-bond acceptors (Lipinski definition) is 10. The van der Waals surface area contributed by atoms with Crippen LogP contribution in [0.3, 0.4) is 0 Å². The van der Waals surface area contributed by atoms with Crippen molar-refractivity contribution in [1.82, 2.24) is 35.1 Å². The summed E-state index contributed by atoms with van der Waals surface area (Å²) in [7, 11) is 0. The minimum atomic E-state index is -0.825. The Bertz CT molecular complexity index is 1520. The molecule has 14 nitrogen and oxygen atoms in total. The number of carbonyl (C=O) groups is 2. The molecule has 1 aliphatic rings. The molecule has 0 aliphatic carbocycles. The van der Waals surface area contributed by atoms with Crippen LogP contribution in [0.15, 0.2) is 40.2 Å². The molecule has 1 aromatic carbocycles. The highest BCUT2D eigenvalue weighted by atomic mass is 127. The molecular formula is C25H29I2N7O7. The molecule has 41 heavy (non-hydrogen) atoms. The van der Waals surface area contributed by atoms with E-state index in [2.05, 4.69) is 48.2 Å². The molecule has 0 unspecified atom stereocenters. The number of nitrogens with zero attached hydrogens (tertiary/aromatic N) is 4. The number of halogens is 2. The fraction of sp³-hybridized carbons (Fsp3) is 0.440. The van der Waals surface area contributed by atoms with Crippen LogP contribution in [-0.4, -0.2) is 93.1 Å². The second-order valence-corrected chi connectivity index (χ2v) is 11.5. The van der Waals surface area contributed by atoms with E-state index in [9.17, 15) is 24.3 Å². The number of likely N-dealkylation sites (N-methyl/N-ethyl adjacent to an activating group) is 1. The lowest BCUT2D eigenvalue weighted by atomic mass is 10.2. The molecule has 0 radical (unpaired) electrons. The van der Waals surface area contributed by atoms with Gasteiger partial charge in [0.15, 0.2) is 0 Å². The number of H-pyrrole nitrogens is 1. The predicted molar refractivity (Wildman–Crippen MR) is 165 cm³/mol. The lowest BCUT2D eigenvalue weighted by Gasteiger charge is -2.21. The number of fused-ring (bicyclic) bond motifs is 1. The number of nitrogens with one attached hydrogen (secondary N) is 3. The zero-order chi connectivity index (χ0) is 29.5. The van der Waals surface area contributed by atoms with Gasteiger partial charge in [-0.25, -0.2) is 14.6 Å². The molecule has 1 aliphatic heterocycles. The zero-order valence-electron chi connectivity index (χ0n) is 22.0. The Morgan fingerprint density at radius 3 is 2.71 bits per heavy atom. The molecule has 4 rings (SSSR count). The molecule has 2 amide bonds. The van der Waals surface area contributed by atoms with Gasteiger partial charge in [-0.3, -0.25) is 24.1 Å². The molecule has 0 spiro atoms. The summed E-state index contributed by atoms with van der Waals surface area (Å²) in [5, 5.41) is 15.2. The van der Waals surface area contributed by atoms with Gasteiger partial charge in [-0.2, -0.15) is 0 Å². The maximum atomic E-state index is 12.5. The summed E-state index contributed by atoms with van der Waals surface area (Å²) in [4.78, 5) is 61.7. The Hall–Kier alpha value is -2.68. The standard InChI is InChI=1S/C25H29I2N7O7/c1-2-33(7-5-28-23(37)18-11-30-17-9-14(26)3-4-16(17)31-18)8-6-29-25(39)41-19-10-21(40-20(19)13-35)34-12-15(27)22(36)32-24(34)38/h3-4,9,11-12,19-21,35H,2,5-8,10,13H2,1H3,(H,28,37)(H,29,39)(H,32,36,38)/t19-,20+,21+/m0/s1. The number of aliphatic hydroxyl groups excluding tert-OH is 1. The van der Waals surface area contributed by atoms with E-state index in [1.54, 1.807) is 22.6 Å². The van der Waals surface area contributed by atoms with E-state index >= 15 is 0 Å². The van der Waals surface area contributed by atoms with Gasteiger partial charge in [-0.15, -0.1) is 0 Å². The largest absolute Gasteiger partial charge is 0.443 e. The van der Waals surface area contributed by atoms with Gasteiger partial charge in [0, 0.05) is 42.4 Å². The lowest BCUT2D eigenvalue weighted by molar-refractivity contribution is -0.0484. The second kappa shape index (κ2) is 14.5. The van der Waals surface area contributed by atoms with Gasteiger partial charge in [-0.1, -0.05) is 6.92 Å². The normalized spacial score (nSPS) is 18.5. The number of aromatic amines is 1. The first-order valence-electron chi connectivity index (χ1n) is 12.8. The third kappa shape index (κ3) is 8.21. The third-order valence-electron chi connectivity index (χ3n) is 6.45. The number of alkyl carbamates (subject to hydrolysis) is 1. The minimum absolute atomic E-state index is 0.127. The number of benzene rings is 1. The van der Waals surface area contributed by atoms with Gasteiger partial charge in [0.2, 0.25) is 0 Å². The summed E-state index contributed by atoms with van der Waals surface area (Å²) in [5.41, 5.74) is 0.455. The first kappa shape index (κ1) is 31.3. The molecule has 0 saturated carbocycles. The lowest BCUT2D eigenvalue weighted by Crippen LogP contribution is -2.41. The van der Waals surface area contributed by atoms with Gasteiger partial charge in [0.25, 0.3) is 11.5 Å². The average molecular weight is 793 g/mol. The number of ether oxygens (including phenoxy) is 2. The summed E-state index contributed by atoms with van der Waals surface area (Å²) < 4.78 is 13.7. The van der Waals surface area contributed by atoms with Crippen molar-refractivity contribution in [2.45, 2.75) is 31.8 Å². The van der Waals surface area contributed by atoms with Crippen LogP contribution in [0.5, 0.6) is 0 Å². The first-order valence-corrected chi connectivity index (χ1v) is 15.0. The Labute approximate surface area is 261 Å². The summed E-state index contributed by atoms with van der Waals surface area (Å²) in [6, 6.07) is 5.63. The van der Waals surface area contributed by atoms with Gasteiger partial charge < -0.3 is 30.1 Å². The molecule has 1 fully saturated rings. The Kier molecular flexibility index (Phi) is 11.0. The summed E-state index contributed by atoms with van der Waals surface area (Å²) in [6.45, 7) is 3.98. The van der Waals surface area contributed by atoms with E-state index in [1.165, 1.54) is 17.0 Å². The van der Waals surface area contributed by atoms with Crippen molar-refractivity contribution in [3.63, 3.8) is 0 Å². The number of aliphatic hydroxyl groups is 1. The number of rotatable bonds is 11. The first-order chi connectivity index (χ1) is 19.7. The van der Waals surface area contributed by atoms with Crippen molar-refractivity contribution in [2.75, 3.05) is 39.3 Å². The second-order valence-electron chi connectivity index (χ2n) is 9.14. The highest BCUT2D eigenvalue weighted by molar-refractivity contribution is 14.1. The van der Waals surface area contributed by atoms with Crippen LogP contribution >= 0.6 is 45.2 Å². The molecule has 1 saturated heterocycles. The molecule has 3 heterocycles. The zero-order valence-corrected chi connectivity index (χ0v) is 26.3. The van der Waals surface area contributed by atoms with Crippen molar-refractivity contribution in [2.24, 2.45) is 0 Å². The minimum Gasteiger partial charge on any atom is -0.443 e. The van der Waals surface area contributed by atoms with Gasteiger partial charge in [0.05, 0.1) is 27.4 Å². The van der Waals surface area contributed by atoms with Crippen molar-refractivity contribution in [1.29, 1.82) is 0 Å². The predicted octanol–water partition coefficient (Wildman–Crippen LogP) is 0.816. The van der Waals surface area contributed by atoms with Crippen LogP contribution < -0.4 is 21.9 Å². The highest BCUT2D eigenvalue weighted by Gasteiger charge is 2.39. The van der Waals surface area contributed by atoms with Crippen LogP contribution in [0.1, 0.15) is 30.1 Å². The van der Waals surface area contributed by atoms with Gasteiger partial charge in [0.1, 0.15) is 24.1 Å². The smallest absolute Gasteiger partial charge is 0.407 e. The van der Waals surface area contributed by atoms with Crippen LogP contribution in [0.4, 0.5) is 4.79 Å². The molecule has 2 aromatic heterocycles.